The summed E-state index contributed by atoms with van der Waals surface area (Å²) in [7, 11) is -9.96. The van der Waals surface area contributed by atoms with E-state index in [1.54, 1.807) is 0 Å². The third kappa shape index (κ3) is 72.8. The van der Waals surface area contributed by atoms with Gasteiger partial charge in [-0.05, 0) is 96.3 Å². The minimum absolute atomic E-state index is 0.0890. The number of rotatable bonds is 76. The smallest absolute Gasteiger partial charge is 0.462 e. The molecule has 0 aromatic carbocycles. The van der Waals surface area contributed by atoms with Crippen molar-refractivity contribution in [1.29, 1.82) is 0 Å². The highest BCUT2D eigenvalue weighted by molar-refractivity contribution is 7.47. The van der Waals surface area contributed by atoms with E-state index in [9.17, 15) is 43.2 Å². The fraction of sp³-hybridized carbons (Fsp3) is 0.802. The SMILES string of the molecule is CCCCC/C=C\C/C=C\C/C=C\C/C=C\CCCC(=O)OC[C@H](COP(=O)(O)OC[C@@H](O)COP(=O)(O)OC[C@@H](COC(=O)CCCCCCC/C=C\C/C=C\CCCCC)OC(=O)CCCCCCCCCCCCCCC)OC(=O)CCCCCCCCCCCCCCCCC. The zero-order chi connectivity index (χ0) is 73.2. The van der Waals surface area contributed by atoms with Gasteiger partial charge < -0.3 is 33.8 Å². The summed E-state index contributed by atoms with van der Waals surface area (Å²) in [6.45, 7) is 4.81. The molecule has 0 aromatic heterocycles. The molecule has 0 amide bonds. The van der Waals surface area contributed by atoms with E-state index in [1.165, 1.54) is 154 Å². The van der Waals surface area contributed by atoms with Gasteiger partial charge in [0.2, 0.25) is 0 Å². The summed E-state index contributed by atoms with van der Waals surface area (Å²) in [6.07, 6.45) is 74.5. The molecule has 17 nitrogen and oxygen atoms in total. The second kappa shape index (κ2) is 73.8. The number of hydrogen-bond donors (Lipinski definition) is 3. The predicted molar refractivity (Wildman–Crippen MR) is 409 cm³/mol. The van der Waals surface area contributed by atoms with E-state index in [2.05, 4.69) is 88.5 Å². The number of carbonyl (C=O) groups excluding carboxylic acids is 4. The Balaban J connectivity index is 5.37. The van der Waals surface area contributed by atoms with Crippen LogP contribution in [0.3, 0.4) is 0 Å². The number of phosphoric ester groups is 2. The lowest BCUT2D eigenvalue weighted by Crippen LogP contribution is -2.30. The zero-order valence-electron chi connectivity index (χ0n) is 63.6. The first-order chi connectivity index (χ1) is 48.7. The molecular formula is C81H146O17P2. The third-order valence-electron chi connectivity index (χ3n) is 17.2. The van der Waals surface area contributed by atoms with Crippen molar-refractivity contribution in [2.75, 3.05) is 39.6 Å². The lowest BCUT2D eigenvalue weighted by molar-refractivity contribution is -0.161. The number of carbonyl (C=O) groups is 4. The van der Waals surface area contributed by atoms with Gasteiger partial charge in [0.25, 0.3) is 0 Å². The monoisotopic (exact) mass is 1450 g/mol. The van der Waals surface area contributed by atoms with Crippen LogP contribution in [0.2, 0.25) is 0 Å². The van der Waals surface area contributed by atoms with Crippen LogP contribution in [-0.4, -0.2) is 96.7 Å². The molecule has 0 heterocycles. The number of allylic oxidation sites excluding steroid dienone is 12. The minimum atomic E-state index is -4.98. The summed E-state index contributed by atoms with van der Waals surface area (Å²) in [5.74, 6) is -2.22. The first-order valence-electron chi connectivity index (χ1n) is 40.2. The Morgan fingerprint density at radius 2 is 0.500 bits per heavy atom. The van der Waals surface area contributed by atoms with Crippen LogP contribution >= 0.6 is 15.6 Å². The second-order valence-corrected chi connectivity index (χ2v) is 29.9. The first kappa shape index (κ1) is 96.5. The van der Waals surface area contributed by atoms with Crippen molar-refractivity contribution in [2.45, 2.75) is 380 Å². The number of esters is 4. The van der Waals surface area contributed by atoms with E-state index in [4.69, 9.17) is 37.0 Å². The van der Waals surface area contributed by atoms with Crippen molar-refractivity contribution in [2.24, 2.45) is 0 Å². The molecule has 100 heavy (non-hydrogen) atoms. The maximum atomic E-state index is 13.1. The van der Waals surface area contributed by atoms with Gasteiger partial charge in [-0.25, -0.2) is 9.13 Å². The van der Waals surface area contributed by atoms with Gasteiger partial charge in [-0.1, -0.05) is 312 Å². The fourth-order valence-corrected chi connectivity index (χ4v) is 12.6. The largest absolute Gasteiger partial charge is 0.472 e. The van der Waals surface area contributed by atoms with Crippen LogP contribution in [0.1, 0.15) is 362 Å². The number of aliphatic hydroxyl groups is 1. The summed E-state index contributed by atoms with van der Waals surface area (Å²) in [4.78, 5) is 72.9. The average molecular weight is 1450 g/mol. The molecular weight excluding hydrogens is 1310 g/mol. The Hall–Kier alpha value is -3.50. The molecule has 19 heteroatoms. The molecule has 0 radical (unpaired) electrons. The molecule has 0 saturated heterocycles. The topological polar surface area (TPSA) is 237 Å². The minimum Gasteiger partial charge on any atom is -0.462 e. The van der Waals surface area contributed by atoms with Crippen LogP contribution in [0.4, 0.5) is 0 Å². The van der Waals surface area contributed by atoms with Gasteiger partial charge in [-0.15, -0.1) is 0 Å². The van der Waals surface area contributed by atoms with Crippen LogP contribution in [0.5, 0.6) is 0 Å². The average Bonchev–Trinajstić information content (AvgIpc) is 1.06. The molecule has 582 valence electrons. The highest BCUT2D eigenvalue weighted by Crippen LogP contribution is 2.45. The van der Waals surface area contributed by atoms with E-state index < -0.39 is 97.5 Å². The Kier molecular flexibility index (Phi) is 71.2. The van der Waals surface area contributed by atoms with Crippen LogP contribution in [-0.2, 0) is 65.4 Å². The lowest BCUT2D eigenvalue weighted by Gasteiger charge is -2.21. The number of hydrogen-bond acceptors (Lipinski definition) is 15. The predicted octanol–water partition coefficient (Wildman–Crippen LogP) is 23.2. The van der Waals surface area contributed by atoms with Gasteiger partial charge >= 0.3 is 39.5 Å². The van der Waals surface area contributed by atoms with Crippen molar-refractivity contribution >= 4 is 39.5 Å². The van der Waals surface area contributed by atoms with Gasteiger partial charge in [0.05, 0.1) is 26.4 Å². The fourth-order valence-electron chi connectivity index (χ4n) is 11.0. The van der Waals surface area contributed by atoms with Crippen LogP contribution in [0, 0.1) is 0 Å². The number of unbranched alkanes of at least 4 members (excludes halogenated alkanes) is 38. The number of ether oxygens (including phenoxy) is 4. The molecule has 0 spiro atoms. The maximum absolute atomic E-state index is 13.1. The van der Waals surface area contributed by atoms with Crippen LogP contribution in [0.25, 0.3) is 0 Å². The molecule has 0 aromatic rings. The van der Waals surface area contributed by atoms with Gasteiger partial charge in [0.15, 0.2) is 12.2 Å². The van der Waals surface area contributed by atoms with E-state index >= 15 is 0 Å². The van der Waals surface area contributed by atoms with Crippen LogP contribution in [0.15, 0.2) is 72.9 Å². The normalized spacial score (nSPS) is 14.3. The van der Waals surface area contributed by atoms with Gasteiger partial charge in [0.1, 0.15) is 19.3 Å². The molecule has 5 atom stereocenters. The van der Waals surface area contributed by atoms with Crippen molar-refractivity contribution in [3.8, 4) is 0 Å². The Morgan fingerprint density at radius 1 is 0.280 bits per heavy atom. The Morgan fingerprint density at radius 3 is 0.810 bits per heavy atom. The molecule has 2 unspecified atom stereocenters. The molecule has 0 aliphatic rings. The quantitative estimate of drug-likeness (QED) is 0.0169. The van der Waals surface area contributed by atoms with Gasteiger partial charge in [0, 0.05) is 25.7 Å². The molecule has 0 saturated carbocycles. The maximum Gasteiger partial charge on any atom is 0.472 e. The lowest BCUT2D eigenvalue weighted by atomic mass is 10.0. The summed E-state index contributed by atoms with van der Waals surface area (Å²) < 4.78 is 68.5. The van der Waals surface area contributed by atoms with E-state index in [0.29, 0.717) is 32.1 Å². The molecule has 0 aliphatic carbocycles. The van der Waals surface area contributed by atoms with Crippen LogP contribution < -0.4 is 0 Å². The summed E-state index contributed by atoms with van der Waals surface area (Å²) in [6, 6.07) is 0. The van der Waals surface area contributed by atoms with Crippen molar-refractivity contribution < 1.29 is 80.2 Å². The van der Waals surface area contributed by atoms with Crippen molar-refractivity contribution in [1.82, 2.24) is 0 Å². The first-order valence-corrected chi connectivity index (χ1v) is 43.2. The standard InChI is InChI=1S/C81H146O17P2/c1-5-9-13-17-21-25-29-33-36-37-40-43-46-50-54-58-62-66-79(84)92-72-77(98-81(86)68-64-60-56-52-48-44-39-35-31-27-23-19-15-11-7-3)74-96-100(89,90)94-70-75(82)69-93-99(87,88)95-73-76(97-80(85)67-63-59-55-51-47-41-32-28-24-20-16-12-8-4)71-91-78(83)65-61-57-53-49-45-42-38-34-30-26-22-18-14-10-6-2/h21-22,25-26,33-34,36,38,40,43,50,54,75-77,82H,5-20,23-24,27-32,35,37,39,41-42,44-49,51-53,55-74H2,1-4H3,(H,87,88)(H,89,90)/b25-21-,26-22-,36-33-,38-34-,43-40-,54-50-/t75-,76+,77+/m0/s1. The highest BCUT2D eigenvalue weighted by atomic mass is 31.2. The van der Waals surface area contributed by atoms with Crippen molar-refractivity contribution in [3.63, 3.8) is 0 Å². The molecule has 0 rings (SSSR count). The third-order valence-corrected chi connectivity index (χ3v) is 19.1. The van der Waals surface area contributed by atoms with E-state index in [1.807, 2.05) is 12.2 Å². The van der Waals surface area contributed by atoms with Gasteiger partial charge in [-0.3, -0.25) is 37.3 Å². The van der Waals surface area contributed by atoms with Gasteiger partial charge in [-0.2, -0.15) is 0 Å². The van der Waals surface area contributed by atoms with Crippen molar-refractivity contribution in [3.05, 3.63) is 72.9 Å². The Bertz CT molecular complexity index is 2180. The Labute approximate surface area is 609 Å². The molecule has 0 fully saturated rings. The number of aliphatic hydroxyl groups excluding tert-OH is 1. The number of phosphoric acid groups is 2. The molecule has 0 bridgehead atoms. The second-order valence-electron chi connectivity index (χ2n) is 27.0. The summed E-state index contributed by atoms with van der Waals surface area (Å²) >= 11 is 0. The summed E-state index contributed by atoms with van der Waals surface area (Å²) in [5.41, 5.74) is 0. The van der Waals surface area contributed by atoms with E-state index in [0.717, 1.165) is 122 Å². The zero-order valence-corrected chi connectivity index (χ0v) is 65.4. The molecule has 3 N–H and O–H groups in total. The highest BCUT2D eigenvalue weighted by Gasteiger charge is 2.30. The van der Waals surface area contributed by atoms with E-state index in [-0.39, 0.29) is 25.7 Å². The molecule has 0 aliphatic heterocycles. The summed E-state index contributed by atoms with van der Waals surface area (Å²) in [5, 5.41) is 10.6.